The van der Waals surface area contributed by atoms with Crippen LogP contribution in [0.5, 0.6) is 0 Å². The minimum Gasteiger partial charge on any atom is -0.383 e. The van der Waals surface area contributed by atoms with Crippen LogP contribution in [0.1, 0.15) is 37.2 Å². The van der Waals surface area contributed by atoms with Crippen LogP contribution in [0.25, 0.3) is 0 Å². The van der Waals surface area contributed by atoms with E-state index >= 15 is 0 Å². The number of ether oxygens (including phenoxy) is 1. The first-order chi connectivity index (χ1) is 9.78. The van der Waals surface area contributed by atoms with Crippen LogP contribution in [0.15, 0.2) is 10.9 Å². The molecule has 1 aliphatic carbocycles. The number of nitrogens with one attached hydrogen (secondary N) is 2. The van der Waals surface area contributed by atoms with Gasteiger partial charge in [-0.1, -0.05) is 12.8 Å². The molecule has 0 spiro atoms. The number of thioether (sulfide) groups is 1. The summed E-state index contributed by atoms with van der Waals surface area (Å²) in [5.41, 5.74) is 0.734. The number of hydrogen-bond acceptors (Lipinski definition) is 5. The van der Waals surface area contributed by atoms with Crippen LogP contribution >= 0.6 is 11.8 Å². The Hall–Kier alpha value is -0.850. The van der Waals surface area contributed by atoms with Crippen molar-refractivity contribution >= 4 is 11.8 Å². The van der Waals surface area contributed by atoms with Gasteiger partial charge in [0, 0.05) is 31.5 Å². The van der Waals surface area contributed by atoms with Crippen molar-refractivity contribution in [3.8, 4) is 0 Å². The van der Waals surface area contributed by atoms with E-state index in [1.165, 1.54) is 25.7 Å². The fourth-order valence-electron chi connectivity index (χ4n) is 2.36. The Labute approximate surface area is 123 Å². The number of aromatic amines is 1. The third kappa shape index (κ3) is 5.26. The first kappa shape index (κ1) is 15.5. The van der Waals surface area contributed by atoms with E-state index in [-0.39, 0.29) is 5.56 Å². The Morgan fingerprint density at radius 3 is 3.05 bits per heavy atom. The van der Waals surface area contributed by atoms with E-state index in [9.17, 15) is 4.79 Å². The van der Waals surface area contributed by atoms with Crippen LogP contribution in [0.3, 0.4) is 0 Å². The number of rotatable bonds is 8. The quantitative estimate of drug-likeness (QED) is 0.715. The summed E-state index contributed by atoms with van der Waals surface area (Å²) in [4.78, 5) is 19.0. The minimum absolute atomic E-state index is 0.0643. The predicted molar refractivity (Wildman–Crippen MR) is 82.0 cm³/mol. The zero-order chi connectivity index (χ0) is 14.2. The molecule has 1 fully saturated rings. The lowest BCUT2D eigenvalue weighted by molar-refractivity contribution is 0.199. The maximum absolute atomic E-state index is 11.6. The first-order valence-corrected chi connectivity index (χ1v) is 8.23. The molecule has 0 bridgehead atoms. The summed E-state index contributed by atoms with van der Waals surface area (Å²) in [6, 6.07) is 1.56. The van der Waals surface area contributed by atoms with Gasteiger partial charge in [-0.2, -0.15) is 11.8 Å². The standard InChI is InChI=1S/C14H23N3O2S/c1-19-7-6-15-9-11-8-14(18)17-13(16-11)10-20-12-4-2-3-5-12/h8,12,15H,2-7,9-10H2,1H3,(H,16,17,18). The maximum atomic E-state index is 11.6. The highest BCUT2D eigenvalue weighted by atomic mass is 32.2. The number of nitrogens with zero attached hydrogens (tertiary/aromatic N) is 1. The molecule has 0 amide bonds. The van der Waals surface area contributed by atoms with Crippen molar-refractivity contribution in [2.24, 2.45) is 0 Å². The summed E-state index contributed by atoms with van der Waals surface area (Å²) in [7, 11) is 1.67. The van der Waals surface area contributed by atoms with E-state index in [1.807, 2.05) is 11.8 Å². The SMILES string of the molecule is COCCNCc1cc(=O)[nH]c(CSC2CCCC2)n1. The van der Waals surface area contributed by atoms with E-state index in [1.54, 1.807) is 13.2 Å². The molecule has 1 saturated carbocycles. The molecule has 2 N–H and O–H groups in total. The van der Waals surface area contributed by atoms with Gasteiger partial charge in [0.2, 0.25) is 0 Å². The van der Waals surface area contributed by atoms with Crippen molar-refractivity contribution in [2.45, 2.75) is 43.2 Å². The molecule has 2 rings (SSSR count). The fraction of sp³-hybridized carbons (Fsp3) is 0.714. The van der Waals surface area contributed by atoms with Gasteiger partial charge in [0.15, 0.2) is 0 Å². The second-order valence-corrected chi connectivity index (χ2v) is 6.36. The van der Waals surface area contributed by atoms with Gasteiger partial charge in [0.1, 0.15) is 5.82 Å². The van der Waals surface area contributed by atoms with Crippen LogP contribution in [0, 0.1) is 0 Å². The summed E-state index contributed by atoms with van der Waals surface area (Å²) in [5.74, 6) is 1.59. The van der Waals surface area contributed by atoms with Gasteiger partial charge in [-0.15, -0.1) is 0 Å². The molecular formula is C14H23N3O2S. The lowest BCUT2D eigenvalue weighted by atomic mass is 10.4. The fourth-order valence-corrected chi connectivity index (χ4v) is 3.56. The van der Waals surface area contributed by atoms with Gasteiger partial charge in [-0.25, -0.2) is 4.98 Å². The number of H-pyrrole nitrogens is 1. The third-order valence-electron chi connectivity index (χ3n) is 3.39. The second kappa shape index (κ2) is 8.44. The summed E-state index contributed by atoms with van der Waals surface area (Å²) >= 11 is 1.91. The van der Waals surface area contributed by atoms with Gasteiger partial charge in [-0.05, 0) is 12.8 Å². The number of aromatic nitrogens is 2. The smallest absolute Gasteiger partial charge is 0.251 e. The topological polar surface area (TPSA) is 67.0 Å². The number of hydrogen-bond donors (Lipinski definition) is 2. The molecule has 0 saturated heterocycles. The Morgan fingerprint density at radius 1 is 1.50 bits per heavy atom. The lowest BCUT2D eigenvalue weighted by Crippen LogP contribution is -2.22. The van der Waals surface area contributed by atoms with Gasteiger partial charge in [0.25, 0.3) is 5.56 Å². The van der Waals surface area contributed by atoms with Gasteiger partial charge in [0.05, 0.1) is 18.1 Å². The Kier molecular flexibility index (Phi) is 6.56. The third-order valence-corrected chi connectivity index (χ3v) is 4.77. The maximum Gasteiger partial charge on any atom is 0.251 e. The zero-order valence-corrected chi connectivity index (χ0v) is 12.8. The summed E-state index contributed by atoms with van der Waals surface area (Å²) in [5, 5.41) is 3.95. The molecule has 1 aromatic heterocycles. The Bertz CT molecular complexity index is 458. The first-order valence-electron chi connectivity index (χ1n) is 7.18. The normalized spacial score (nSPS) is 15.8. The number of methoxy groups -OCH3 is 1. The van der Waals surface area contributed by atoms with Crippen molar-refractivity contribution in [2.75, 3.05) is 20.3 Å². The van der Waals surface area contributed by atoms with Gasteiger partial charge in [-0.3, -0.25) is 4.79 Å². The summed E-state index contributed by atoms with van der Waals surface area (Å²) in [6.07, 6.45) is 5.27. The molecule has 1 aromatic rings. The molecule has 20 heavy (non-hydrogen) atoms. The molecule has 1 aliphatic rings. The van der Waals surface area contributed by atoms with Crippen LogP contribution in [0.2, 0.25) is 0 Å². The highest BCUT2D eigenvalue weighted by Crippen LogP contribution is 2.30. The largest absolute Gasteiger partial charge is 0.383 e. The van der Waals surface area contributed by atoms with Crippen molar-refractivity contribution in [1.82, 2.24) is 15.3 Å². The molecule has 0 aliphatic heterocycles. The van der Waals surface area contributed by atoms with Gasteiger partial charge >= 0.3 is 0 Å². The van der Waals surface area contributed by atoms with Crippen LogP contribution in [-0.4, -0.2) is 35.5 Å². The van der Waals surface area contributed by atoms with Crippen LogP contribution in [0.4, 0.5) is 0 Å². The molecule has 5 nitrogen and oxygen atoms in total. The molecular weight excluding hydrogens is 274 g/mol. The van der Waals surface area contributed by atoms with Crippen molar-refractivity contribution in [3.05, 3.63) is 27.9 Å². The van der Waals surface area contributed by atoms with Crippen molar-refractivity contribution in [1.29, 1.82) is 0 Å². The van der Waals surface area contributed by atoms with Crippen molar-refractivity contribution in [3.63, 3.8) is 0 Å². The van der Waals surface area contributed by atoms with E-state index in [4.69, 9.17) is 4.74 Å². The van der Waals surface area contributed by atoms with E-state index in [0.717, 1.165) is 29.1 Å². The zero-order valence-electron chi connectivity index (χ0n) is 12.0. The van der Waals surface area contributed by atoms with Crippen LogP contribution < -0.4 is 10.9 Å². The minimum atomic E-state index is -0.0643. The highest BCUT2D eigenvalue weighted by molar-refractivity contribution is 7.99. The molecule has 0 atom stereocenters. The monoisotopic (exact) mass is 297 g/mol. The average Bonchev–Trinajstić information content (AvgIpc) is 2.94. The highest BCUT2D eigenvalue weighted by Gasteiger charge is 2.15. The van der Waals surface area contributed by atoms with Crippen LogP contribution in [-0.2, 0) is 17.0 Å². The Morgan fingerprint density at radius 2 is 2.30 bits per heavy atom. The molecule has 0 aromatic carbocycles. The van der Waals surface area contributed by atoms with Gasteiger partial charge < -0.3 is 15.0 Å². The second-order valence-electron chi connectivity index (χ2n) is 5.07. The summed E-state index contributed by atoms with van der Waals surface area (Å²) in [6.45, 7) is 2.03. The van der Waals surface area contributed by atoms with E-state index in [2.05, 4.69) is 15.3 Å². The average molecular weight is 297 g/mol. The molecule has 112 valence electrons. The predicted octanol–water partition coefficient (Wildman–Crippen LogP) is 1.68. The van der Waals surface area contributed by atoms with Crippen molar-refractivity contribution < 1.29 is 4.74 Å². The molecule has 1 heterocycles. The van der Waals surface area contributed by atoms with E-state index in [0.29, 0.717) is 13.2 Å². The lowest BCUT2D eigenvalue weighted by Gasteiger charge is -2.09. The molecule has 0 unspecified atom stereocenters. The Balaban J connectivity index is 1.85. The summed E-state index contributed by atoms with van der Waals surface area (Å²) < 4.78 is 4.97. The van der Waals surface area contributed by atoms with E-state index < -0.39 is 0 Å². The molecule has 6 heteroatoms. The molecule has 0 radical (unpaired) electrons.